The number of benzene rings is 1. The zero-order valence-electron chi connectivity index (χ0n) is 12.0. The monoisotopic (exact) mass is 345 g/mol. The molecule has 1 aliphatic carbocycles. The number of hydrogen-bond acceptors (Lipinski definition) is 5. The van der Waals surface area contributed by atoms with Crippen LogP contribution in [0.5, 0.6) is 0 Å². The Bertz CT molecular complexity index is 938. The van der Waals surface area contributed by atoms with Gasteiger partial charge in [0.2, 0.25) is 5.28 Å². The number of fused-ring (bicyclic) bond motifs is 3. The summed E-state index contributed by atoms with van der Waals surface area (Å²) in [6.45, 7) is 0. The molecule has 0 amide bonds. The minimum absolute atomic E-state index is 0.189. The van der Waals surface area contributed by atoms with Gasteiger partial charge in [-0.3, -0.25) is 0 Å². The Morgan fingerprint density at radius 3 is 3.00 bits per heavy atom. The first-order valence-corrected chi connectivity index (χ1v) is 8.39. The Kier molecular flexibility index (Phi) is 3.43. The van der Waals surface area contributed by atoms with E-state index in [0.29, 0.717) is 11.5 Å². The molecule has 3 aromatic rings. The topological polar surface area (TPSA) is 75.1 Å². The molecule has 1 aromatic carbocycles. The van der Waals surface area contributed by atoms with Crippen molar-refractivity contribution in [1.29, 1.82) is 0 Å². The molecule has 0 spiro atoms. The van der Waals surface area contributed by atoms with E-state index in [1.807, 2.05) is 0 Å². The molecular formula is C16H12ClN3O2S. The van der Waals surface area contributed by atoms with Crippen molar-refractivity contribution in [1.82, 2.24) is 9.97 Å². The Hall–Kier alpha value is -2.18. The highest BCUT2D eigenvalue weighted by Crippen LogP contribution is 2.40. The van der Waals surface area contributed by atoms with Crippen molar-refractivity contribution in [3.63, 3.8) is 0 Å². The second kappa shape index (κ2) is 5.47. The summed E-state index contributed by atoms with van der Waals surface area (Å²) in [5.74, 6) is -0.321. The summed E-state index contributed by atoms with van der Waals surface area (Å²) in [4.78, 5) is 22.0. The first kappa shape index (κ1) is 14.4. The van der Waals surface area contributed by atoms with Gasteiger partial charge in [0.15, 0.2) is 0 Å². The van der Waals surface area contributed by atoms with Gasteiger partial charge in [0.25, 0.3) is 0 Å². The number of anilines is 2. The maximum atomic E-state index is 11.1. The predicted molar refractivity (Wildman–Crippen MR) is 91.1 cm³/mol. The number of carboxylic acids is 1. The molecule has 0 unspecified atom stereocenters. The summed E-state index contributed by atoms with van der Waals surface area (Å²) in [6.07, 6.45) is 3.24. The third kappa shape index (κ3) is 2.54. The van der Waals surface area contributed by atoms with E-state index in [4.69, 9.17) is 16.7 Å². The number of carboxylic acid groups (broad SMARTS) is 1. The number of aromatic carboxylic acids is 1. The summed E-state index contributed by atoms with van der Waals surface area (Å²) in [7, 11) is 0. The first-order valence-electron chi connectivity index (χ1n) is 7.20. The number of halogens is 1. The maximum Gasteiger partial charge on any atom is 0.335 e. The van der Waals surface area contributed by atoms with Crippen LogP contribution >= 0.6 is 22.9 Å². The third-order valence-electron chi connectivity index (χ3n) is 3.91. The Labute approximate surface area is 141 Å². The molecule has 4 rings (SSSR count). The van der Waals surface area contributed by atoms with Gasteiger partial charge < -0.3 is 10.4 Å². The van der Waals surface area contributed by atoms with E-state index in [9.17, 15) is 4.79 Å². The number of rotatable bonds is 3. The quantitative estimate of drug-likeness (QED) is 0.693. The highest BCUT2D eigenvalue weighted by molar-refractivity contribution is 7.19. The molecule has 7 heteroatoms. The maximum absolute atomic E-state index is 11.1. The Balaban J connectivity index is 1.82. The van der Waals surface area contributed by atoms with E-state index < -0.39 is 5.97 Å². The Morgan fingerprint density at radius 1 is 1.30 bits per heavy atom. The second-order valence-corrected chi connectivity index (χ2v) is 6.81. The molecule has 2 N–H and O–H groups in total. The van der Waals surface area contributed by atoms with Crippen LogP contribution < -0.4 is 5.32 Å². The van der Waals surface area contributed by atoms with Crippen molar-refractivity contribution >= 4 is 50.6 Å². The van der Waals surface area contributed by atoms with Crippen LogP contribution in [0.4, 0.5) is 11.5 Å². The van der Waals surface area contributed by atoms with E-state index >= 15 is 0 Å². The second-order valence-electron chi connectivity index (χ2n) is 5.39. The van der Waals surface area contributed by atoms with Gasteiger partial charge >= 0.3 is 5.97 Å². The number of aryl methyl sites for hydroxylation is 2. The van der Waals surface area contributed by atoms with Crippen LogP contribution in [-0.4, -0.2) is 21.0 Å². The summed E-state index contributed by atoms with van der Waals surface area (Å²) >= 11 is 7.71. The van der Waals surface area contributed by atoms with Gasteiger partial charge in [-0.05, 0) is 54.6 Å². The number of nitrogens with one attached hydrogen (secondary N) is 1. The van der Waals surface area contributed by atoms with E-state index in [-0.39, 0.29) is 10.8 Å². The highest BCUT2D eigenvalue weighted by atomic mass is 35.5. The lowest BCUT2D eigenvalue weighted by molar-refractivity contribution is 0.0697. The fourth-order valence-corrected chi connectivity index (χ4v) is 4.41. The summed E-state index contributed by atoms with van der Waals surface area (Å²) in [6, 6.07) is 6.64. The van der Waals surface area contributed by atoms with Crippen LogP contribution in [0.3, 0.4) is 0 Å². The molecule has 0 saturated heterocycles. The summed E-state index contributed by atoms with van der Waals surface area (Å²) < 4.78 is 0. The highest BCUT2D eigenvalue weighted by Gasteiger charge is 2.22. The summed E-state index contributed by atoms with van der Waals surface area (Å²) in [5, 5.41) is 13.5. The Morgan fingerprint density at radius 2 is 2.17 bits per heavy atom. The van der Waals surface area contributed by atoms with Crippen LogP contribution in [-0.2, 0) is 12.8 Å². The van der Waals surface area contributed by atoms with Crippen molar-refractivity contribution < 1.29 is 9.90 Å². The van der Waals surface area contributed by atoms with Crippen LogP contribution in [0.15, 0.2) is 24.3 Å². The van der Waals surface area contributed by atoms with Gasteiger partial charge in [0.1, 0.15) is 10.6 Å². The standard InChI is InChI=1S/C16H12ClN3O2S/c17-16-19-13(18-9-4-1-3-8(7-9)15(21)22)12-10-5-2-6-11(10)23-14(12)20-16/h1,3-4,7H,2,5-6H2,(H,21,22)(H,18,19,20). The molecule has 116 valence electrons. The van der Waals surface area contributed by atoms with Gasteiger partial charge in [0, 0.05) is 10.6 Å². The molecular weight excluding hydrogens is 334 g/mol. The third-order valence-corrected chi connectivity index (χ3v) is 5.26. The van der Waals surface area contributed by atoms with Gasteiger partial charge in [-0.25, -0.2) is 9.78 Å². The smallest absolute Gasteiger partial charge is 0.335 e. The molecule has 0 radical (unpaired) electrons. The lowest BCUT2D eigenvalue weighted by atomic mass is 10.1. The summed E-state index contributed by atoms with van der Waals surface area (Å²) in [5.41, 5.74) is 2.18. The fraction of sp³-hybridized carbons (Fsp3) is 0.188. The minimum atomic E-state index is -0.962. The van der Waals surface area contributed by atoms with Gasteiger partial charge in [-0.1, -0.05) is 6.07 Å². The lowest BCUT2D eigenvalue weighted by Gasteiger charge is -2.09. The van der Waals surface area contributed by atoms with E-state index in [2.05, 4.69) is 15.3 Å². The van der Waals surface area contributed by atoms with Crippen molar-refractivity contribution in [2.45, 2.75) is 19.3 Å². The van der Waals surface area contributed by atoms with Crippen LogP contribution in [0, 0.1) is 0 Å². The van der Waals surface area contributed by atoms with Crippen LogP contribution in [0.2, 0.25) is 5.28 Å². The molecule has 0 saturated carbocycles. The molecule has 2 aromatic heterocycles. The van der Waals surface area contributed by atoms with Crippen LogP contribution in [0.1, 0.15) is 27.2 Å². The predicted octanol–water partition coefficient (Wildman–Crippen LogP) is 4.28. The van der Waals surface area contributed by atoms with Crippen molar-refractivity contribution in [3.8, 4) is 0 Å². The van der Waals surface area contributed by atoms with E-state index in [1.54, 1.807) is 35.6 Å². The number of nitrogens with zero attached hydrogens (tertiary/aromatic N) is 2. The average Bonchev–Trinajstić information content (AvgIpc) is 3.07. The van der Waals surface area contributed by atoms with Crippen molar-refractivity contribution in [2.24, 2.45) is 0 Å². The molecule has 5 nitrogen and oxygen atoms in total. The number of carbonyl (C=O) groups is 1. The van der Waals surface area contributed by atoms with Crippen molar-refractivity contribution in [3.05, 3.63) is 45.6 Å². The van der Waals surface area contributed by atoms with Crippen LogP contribution in [0.25, 0.3) is 10.2 Å². The largest absolute Gasteiger partial charge is 0.478 e. The fourth-order valence-electron chi connectivity index (χ4n) is 2.93. The molecule has 0 bridgehead atoms. The number of aromatic nitrogens is 2. The van der Waals surface area contributed by atoms with E-state index in [0.717, 1.165) is 29.5 Å². The molecule has 0 atom stereocenters. The molecule has 2 heterocycles. The molecule has 23 heavy (non-hydrogen) atoms. The normalized spacial score (nSPS) is 13.3. The van der Waals surface area contributed by atoms with Crippen molar-refractivity contribution in [2.75, 3.05) is 5.32 Å². The number of thiophene rings is 1. The zero-order valence-corrected chi connectivity index (χ0v) is 13.5. The van der Waals surface area contributed by atoms with Gasteiger partial charge in [-0.2, -0.15) is 4.98 Å². The molecule has 0 aliphatic heterocycles. The molecule has 1 aliphatic rings. The van der Waals surface area contributed by atoms with E-state index in [1.165, 1.54) is 10.4 Å². The van der Waals surface area contributed by atoms with Gasteiger partial charge in [-0.15, -0.1) is 11.3 Å². The SMILES string of the molecule is O=C(O)c1cccc(Nc2nc(Cl)nc3sc4c(c23)CCC4)c1. The number of hydrogen-bond donors (Lipinski definition) is 2. The lowest BCUT2D eigenvalue weighted by Crippen LogP contribution is -2.00. The zero-order chi connectivity index (χ0) is 16.0. The van der Waals surface area contributed by atoms with Gasteiger partial charge in [0.05, 0.1) is 10.9 Å². The minimum Gasteiger partial charge on any atom is -0.478 e. The first-order chi connectivity index (χ1) is 11.1. The average molecular weight is 346 g/mol. The molecule has 0 fully saturated rings.